The number of hydrogen-bond donors (Lipinski definition) is 0. The Morgan fingerprint density at radius 2 is 2.37 bits per heavy atom. The average molecular weight is 264 g/mol. The standard InChI is InChI=1S/C15H20O4/c1-11(6-8-16)13-4-3-5-14(17-2)15(13)19-12-7-9-18-10-12/h3-5,8,11-12H,6-7,9-10H2,1-2H3. The summed E-state index contributed by atoms with van der Waals surface area (Å²) in [6.07, 6.45) is 2.37. The molecular weight excluding hydrogens is 244 g/mol. The normalized spacial score (nSPS) is 20.0. The predicted molar refractivity (Wildman–Crippen MR) is 71.9 cm³/mol. The molecule has 104 valence electrons. The maximum Gasteiger partial charge on any atom is 0.165 e. The van der Waals surface area contributed by atoms with Crippen molar-refractivity contribution in [3.63, 3.8) is 0 Å². The zero-order chi connectivity index (χ0) is 13.7. The van der Waals surface area contributed by atoms with E-state index in [1.54, 1.807) is 7.11 Å². The van der Waals surface area contributed by atoms with E-state index >= 15 is 0 Å². The van der Waals surface area contributed by atoms with Crippen LogP contribution < -0.4 is 9.47 Å². The summed E-state index contributed by atoms with van der Waals surface area (Å²) in [4.78, 5) is 10.7. The molecule has 1 aliphatic heterocycles. The van der Waals surface area contributed by atoms with Crippen LogP contribution in [0.4, 0.5) is 0 Å². The minimum atomic E-state index is 0.0680. The lowest BCUT2D eigenvalue weighted by atomic mass is 9.97. The van der Waals surface area contributed by atoms with E-state index in [1.807, 2.05) is 25.1 Å². The van der Waals surface area contributed by atoms with Crippen LogP contribution in [0.2, 0.25) is 0 Å². The molecule has 1 saturated heterocycles. The molecule has 0 N–H and O–H groups in total. The first kappa shape index (κ1) is 13.9. The molecule has 1 aromatic carbocycles. The fraction of sp³-hybridized carbons (Fsp3) is 0.533. The van der Waals surface area contributed by atoms with Crippen molar-refractivity contribution < 1.29 is 19.0 Å². The molecule has 4 heteroatoms. The van der Waals surface area contributed by atoms with Gasteiger partial charge in [-0.1, -0.05) is 19.1 Å². The first-order valence-corrected chi connectivity index (χ1v) is 6.61. The third-order valence-corrected chi connectivity index (χ3v) is 3.38. The minimum absolute atomic E-state index is 0.0680. The summed E-state index contributed by atoms with van der Waals surface area (Å²) in [6, 6.07) is 5.79. The van der Waals surface area contributed by atoms with Crippen LogP contribution in [0.15, 0.2) is 18.2 Å². The second-order valence-corrected chi connectivity index (χ2v) is 4.79. The topological polar surface area (TPSA) is 44.8 Å². The lowest BCUT2D eigenvalue weighted by molar-refractivity contribution is -0.108. The van der Waals surface area contributed by atoms with Gasteiger partial charge in [-0.05, 0) is 12.0 Å². The van der Waals surface area contributed by atoms with Crippen LogP contribution in [0.3, 0.4) is 0 Å². The van der Waals surface area contributed by atoms with Gasteiger partial charge >= 0.3 is 0 Å². The molecule has 0 spiro atoms. The largest absolute Gasteiger partial charge is 0.493 e. The smallest absolute Gasteiger partial charge is 0.165 e. The van der Waals surface area contributed by atoms with Gasteiger partial charge in [-0.25, -0.2) is 0 Å². The zero-order valence-electron chi connectivity index (χ0n) is 11.4. The summed E-state index contributed by atoms with van der Waals surface area (Å²) in [5.41, 5.74) is 1.01. The first-order chi connectivity index (χ1) is 9.26. The average Bonchev–Trinajstić information content (AvgIpc) is 2.92. The minimum Gasteiger partial charge on any atom is -0.493 e. The maximum absolute atomic E-state index is 10.7. The molecule has 0 aromatic heterocycles. The van der Waals surface area contributed by atoms with Crippen LogP contribution >= 0.6 is 0 Å². The van der Waals surface area contributed by atoms with Crippen molar-refractivity contribution >= 4 is 6.29 Å². The van der Waals surface area contributed by atoms with E-state index in [0.29, 0.717) is 18.8 Å². The Labute approximate surface area is 113 Å². The molecule has 4 nitrogen and oxygen atoms in total. The Morgan fingerprint density at radius 1 is 1.53 bits per heavy atom. The molecule has 19 heavy (non-hydrogen) atoms. The molecule has 1 aromatic rings. The Bertz CT molecular complexity index is 424. The first-order valence-electron chi connectivity index (χ1n) is 6.61. The Balaban J connectivity index is 2.27. The molecule has 1 heterocycles. The highest BCUT2D eigenvalue weighted by Crippen LogP contribution is 2.37. The fourth-order valence-electron chi connectivity index (χ4n) is 2.25. The van der Waals surface area contributed by atoms with Gasteiger partial charge in [-0.2, -0.15) is 0 Å². The Morgan fingerprint density at radius 3 is 3.00 bits per heavy atom. The van der Waals surface area contributed by atoms with Crippen LogP contribution in [0.1, 0.15) is 31.2 Å². The highest BCUT2D eigenvalue weighted by molar-refractivity contribution is 5.55. The molecule has 0 radical (unpaired) electrons. The highest BCUT2D eigenvalue weighted by Gasteiger charge is 2.22. The highest BCUT2D eigenvalue weighted by atomic mass is 16.6. The third kappa shape index (κ3) is 3.26. The third-order valence-electron chi connectivity index (χ3n) is 3.38. The molecule has 1 fully saturated rings. The van der Waals surface area contributed by atoms with Crippen LogP contribution in [-0.4, -0.2) is 32.7 Å². The van der Waals surface area contributed by atoms with Gasteiger partial charge in [-0.15, -0.1) is 0 Å². The van der Waals surface area contributed by atoms with Gasteiger partial charge in [0.25, 0.3) is 0 Å². The van der Waals surface area contributed by atoms with E-state index in [-0.39, 0.29) is 12.0 Å². The van der Waals surface area contributed by atoms with Gasteiger partial charge in [0.15, 0.2) is 11.5 Å². The van der Waals surface area contributed by atoms with Gasteiger partial charge in [0.05, 0.1) is 20.3 Å². The van der Waals surface area contributed by atoms with E-state index < -0.39 is 0 Å². The number of methoxy groups -OCH3 is 1. The summed E-state index contributed by atoms with van der Waals surface area (Å²) < 4.78 is 16.7. The number of rotatable bonds is 6. The predicted octanol–water partition coefficient (Wildman–Crippen LogP) is 2.56. The van der Waals surface area contributed by atoms with Crippen molar-refractivity contribution in [1.82, 2.24) is 0 Å². The molecule has 2 unspecified atom stereocenters. The van der Waals surface area contributed by atoms with Crippen molar-refractivity contribution in [2.75, 3.05) is 20.3 Å². The summed E-state index contributed by atoms with van der Waals surface area (Å²) in [6.45, 7) is 3.36. The second kappa shape index (κ2) is 6.57. The molecular formula is C15H20O4. The zero-order valence-corrected chi connectivity index (χ0v) is 11.4. The van der Waals surface area contributed by atoms with Crippen molar-refractivity contribution in [3.8, 4) is 11.5 Å². The Hall–Kier alpha value is -1.55. The summed E-state index contributed by atoms with van der Waals surface area (Å²) >= 11 is 0. The number of carbonyl (C=O) groups is 1. The van der Waals surface area contributed by atoms with E-state index in [4.69, 9.17) is 14.2 Å². The molecule has 1 aliphatic rings. The van der Waals surface area contributed by atoms with E-state index in [9.17, 15) is 4.79 Å². The lowest BCUT2D eigenvalue weighted by Gasteiger charge is -2.20. The number of ether oxygens (including phenoxy) is 3. The van der Waals surface area contributed by atoms with Gasteiger partial charge in [0.1, 0.15) is 12.4 Å². The Kier molecular flexibility index (Phi) is 4.80. The molecule has 0 bridgehead atoms. The van der Waals surface area contributed by atoms with Crippen molar-refractivity contribution in [2.24, 2.45) is 0 Å². The number of benzene rings is 1. The monoisotopic (exact) mass is 264 g/mol. The second-order valence-electron chi connectivity index (χ2n) is 4.79. The SMILES string of the molecule is COc1cccc(C(C)CC=O)c1OC1CCOC1. The molecule has 2 rings (SSSR count). The van der Waals surface area contributed by atoms with E-state index in [1.165, 1.54) is 0 Å². The van der Waals surface area contributed by atoms with Crippen LogP contribution in [0.5, 0.6) is 11.5 Å². The number of aldehydes is 1. The van der Waals surface area contributed by atoms with Gasteiger partial charge in [0.2, 0.25) is 0 Å². The van der Waals surface area contributed by atoms with Gasteiger partial charge in [-0.3, -0.25) is 0 Å². The molecule has 0 amide bonds. The number of carbonyl (C=O) groups excluding carboxylic acids is 1. The van der Waals surface area contributed by atoms with Gasteiger partial charge < -0.3 is 19.0 Å². The summed E-state index contributed by atoms with van der Waals surface area (Å²) in [7, 11) is 1.63. The lowest BCUT2D eigenvalue weighted by Crippen LogP contribution is -2.17. The molecule has 2 atom stereocenters. The van der Waals surface area contributed by atoms with Crippen LogP contribution in [0.25, 0.3) is 0 Å². The van der Waals surface area contributed by atoms with Gasteiger partial charge in [0, 0.05) is 18.4 Å². The maximum atomic E-state index is 10.7. The number of hydrogen-bond acceptors (Lipinski definition) is 4. The van der Waals surface area contributed by atoms with E-state index in [2.05, 4.69) is 0 Å². The molecule has 0 saturated carbocycles. The summed E-state index contributed by atoms with van der Waals surface area (Å²) in [5.74, 6) is 1.57. The summed E-state index contributed by atoms with van der Waals surface area (Å²) in [5, 5.41) is 0. The van der Waals surface area contributed by atoms with Crippen molar-refractivity contribution in [3.05, 3.63) is 23.8 Å². The van der Waals surface area contributed by atoms with E-state index in [0.717, 1.165) is 30.6 Å². The van der Waals surface area contributed by atoms with Crippen LogP contribution in [0, 0.1) is 0 Å². The fourth-order valence-corrected chi connectivity index (χ4v) is 2.25. The van der Waals surface area contributed by atoms with Crippen molar-refractivity contribution in [1.29, 1.82) is 0 Å². The quantitative estimate of drug-likeness (QED) is 0.741. The van der Waals surface area contributed by atoms with Crippen LogP contribution in [-0.2, 0) is 9.53 Å². The van der Waals surface area contributed by atoms with Crippen molar-refractivity contribution in [2.45, 2.75) is 31.8 Å². The molecule has 0 aliphatic carbocycles. The number of para-hydroxylation sites is 1.